The van der Waals surface area contributed by atoms with Crippen LogP contribution < -0.4 is 5.73 Å². The molecule has 2 aliphatic heterocycles. The second kappa shape index (κ2) is 6.72. The fourth-order valence-corrected chi connectivity index (χ4v) is 4.59. The lowest BCUT2D eigenvalue weighted by Gasteiger charge is -2.36. The highest BCUT2D eigenvalue weighted by molar-refractivity contribution is 6.46. The predicted molar refractivity (Wildman–Crippen MR) is 102 cm³/mol. The maximum Gasteiger partial charge on any atom is 0.181 e. The number of anilines is 1. The van der Waals surface area contributed by atoms with Crippen LogP contribution in [0, 0.1) is 11.3 Å². The first-order chi connectivity index (χ1) is 12.5. The van der Waals surface area contributed by atoms with Crippen molar-refractivity contribution < 1.29 is 9.21 Å². The van der Waals surface area contributed by atoms with Crippen LogP contribution in [0.5, 0.6) is 0 Å². The van der Waals surface area contributed by atoms with Crippen molar-refractivity contribution in [3.63, 3.8) is 0 Å². The molecule has 5 heteroatoms. The van der Waals surface area contributed by atoms with Crippen molar-refractivity contribution in [3.8, 4) is 11.1 Å². The molecule has 0 saturated carbocycles. The zero-order chi connectivity index (χ0) is 18.3. The minimum Gasteiger partial charge on any atom is -0.472 e. The van der Waals surface area contributed by atoms with E-state index >= 15 is 0 Å². The molecular formula is C21H25N3O2. The Bertz CT molecular complexity index is 814. The van der Waals surface area contributed by atoms with Crippen molar-refractivity contribution in [2.24, 2.45) is 5.92 Å². The molecule has 4 rings (SSSR count). The maximum atomic E-state index is 12.8. The van der Waals surface area contributed by atoms with Crippen LogP contribution in [0.1, 0.15) is 37.7 Å². The summed E-state index contributed by atoms with van der Waals surface area (Å²) in [6, 6.07) is 8.53. The molecule has 2 unspecified atom stereocenters. The lowest BCUT2D eigenvalue weighted by molar-refractivity contribution is -0.114. The molecule has 2 aromatic rings. The number of hydrogen-bond acceptors (Lipinski definition) is 5. The zero-order valence-electron chi connectivity index (χ0n) is 15.1. The van der Waals surface area contributed by atoms with Crippen molar-refractivity contribution in [3.05, 3.63) is 42.4 Å². The second-order valence-corrected chi connectivity index (χ2v) is 7.70. The summed E-state index contributed by atoms with van der Waals surface area (Å²) in [5, 5.41) is 8.41. The van der Waals surface area contributed by atoms with Gasteiger partial charge in [-0.15, -0.1) is 0 Å². The van der Waals surface area contributed by atoms with Crippen LogP contribution in [0.15, 0.2) is 41.2 Å². The van der Waals surface area contributed by atoms with E-state index in [1.807, 2.05) is 18.2 Å². The molecule has 2 atom stereocenters. The van der Waals surface area contributed by atoms with Crippen LogP contribution in [-0.4, -0.2) is 35.5 Å². The number of nitrogens with one attached hydrogen (secondary N) is 1. The first-order valence-corrected chi connectivity index (χ1v) is 9.29. The molecule has 0 spiro atoms. The van der Waals surface area contributed by atoms with Crippen molar-refractivity contribution in [1.29, 1.82) is 5.41 Å². The number of carbonyl (C=O) groups is 1. The number of rotatable bonds is 5. The number of hydrogen-bond donors (Lipinski definition) is 2. The number of piperidine rings is 1. The summed E-state index contributed by atoms with van der Waals surface area (Å²) >= 11 is 0. The number of nitrogen functional groups attached to an aromatic ring is 1. The lowest BCUT2D eigenvalue weighted by atomic mass is 9.85. The molecule has 3 heterocycles. The van der Waals surface area contributed by atoms with E-state index in [1.54, 1.807) is 18.6 Å². The Hall–Kier alpha value is -2.40. The molecular weight excluding hydrogens is 326 g/mol. The third-order valence-corrected chi connectivity index (χ3v) is 6.13. The monoisotopic (exact) mass is 351 g/mol. The van der Waals surface area contributed by atoms with E-state index in [0.717, 1.165) is 24.0 Å². The van der Waals surface area contributed by atoms with Gasteiger partial charge in [-0.3, -0.25) is 10.2 Å². The van der Waals surface area contributed by atoms with E-state index in [4.69, 9.17) is 15.6 Å². The fraction of sp³-hybridized carbons (Fsp3) is 0.429. The van der Waals surface area contributed by atoms with Gasteiger partial charge in [0.1, 0.15) is 5.71 Å². The normalized spacial score (nSPS) is 25.3. The van der Waals surface area contributed by atoms with Gasteiger partial charge in [-0.2, -0.15) is 0 Å². The Balaban J connectivity index is 1.49. The van der Waals surface area contributed by atoms with E-state index in [1.165, 1.54) is 12.8 Å². The van der Waals surface area contributed by atoms with Gasteiger partial charge < -0.3 is 15.1 Å². The van der Waals surface area contributed by atoms with Crippen LogP contribution in [0.4, 0.5) is 5.69 Å². The summed E-state index contributed by atoms with van der Waals surface area (Å²) in [7, 11) is 2.20. The van der Waals surface area contributed by atoms with Crippen molar-refractivity contribution >= 4 is 17.2 Å². The summed E-state index contributed by atoms with van der Waals surface area (Å²) in [5.74, 6) is 0.282. The smallest absolute Gasteiger partial charge is 0.181 e. The number of Topliss-reactive ketones (excluding diaryl/α,β-unsaturated/α-hetero) is 1. The number of nitrogens with zero attached hydrogens (tertiary/aromatic N) is 1. The molecule has 26 heavy (non-hydrogen) atoms. The third-order valence-electron chi connectivity index (χ3n) is 6.13. The Morgan fingerprint density at radius 3 is 2.62 bits per heavy atom. The largest absolute Gasteiger partial charge is 0.472 e. The fourth-order valence-electron chi connectivity index (χ4n) is 4.59. The van der Waals surface area contributed by atoms with E-state index in [9.17, 15) is 4.79 Å². The average Bonchev–Trinajstić information content (AvgIpc) is 3.22. The molecule has 3 N–H and O–H groups in total. The molecule has 2 aliphatic rings. The van der Waals surface area contributed by atoms with Crippen molar-refractivity contribution in [2.75, 3.05) is 12.8 Å². The highest BCUT2D eigenvalue weighted by Gasteiger charge is 2.39. The number of fused-ring (bicyclic) bond motifs is 2. The number of benzene rings is 1. The number of nitrogens with two attached hydrogens (primary N) is 1. The van der Waals surface area contributed by atoms with E-state index in [2.05, 4.69) is 11.9 Å². The molecule has 2 saturated heterocycles. The Kier molecular flexibility index (Phi) is 4.41. The molecule has 1 aromatic heterocycles. The first kappa shape index (κ1) is 17.0. The summed E-state index contributed by atoms with van der Waals surface area (Å²) in [6.07, 6.45) is 8.32. The molecule has 1 aromatic carbocycles. The van der Waals surface area contributed by atoms with Gasteiger partial charge >= 0.3 is 0 Å². The Morgan fingerprint density at radius 2 is 1.96 bits per heavy atom. The maximum absolute atomic E-state index is 12.8. The minimum atomic E-state index is -0.102. The van der Waals surface area contributed by atoms with Crippen LogP contribution in [0.25, 0.3) is 11.1 Å². The number of carbonyl (C=O) groups excluding carboxylic acids is 1. The van der Waals surface area contributed by atoms with Gasteiger partial charge in [-0.25, -0.2) is 0 Å². The average molecular weight is 351 g/mol. The van der Waals surface area contributed by atoms with E-state index in [0.29, 0.717) is 35.7 Å². The van der Waals surface area contributed by atoms with E-state index < -0.39 is 0 Å². The highest BCUT2D eigenvalue weighted by atomic mass is 16.3. The van der Waals surface area contributed by atoms with Gasteiger partial charge in [0.05, 0.1) is 12.5 Å². The van der Waals surface area contributed by atoms with Gasteiger partial charge in [-0.1, -0.05) is 6.07 Å². The molecule has 136 valence electrons. The summed E-state index contributed by atoms with van der Waals surface area (Å²) in [6.45, 7) is 0. The SMILES string of the molecule is CN1C2CCC1CC(CC(=O)C(=N)c1cc(-c3ccoc3)ccc1N)C2. The van der Waals surface area contributed by atoms with Crippen LogP contribution in [0.2, 0.25) is 0 Å². The second-order valence-electron chi connectivity index (χ2n) is 7.70. The molecule has 5 nitrogen and oxygen atoms in total. The topological polar surface area (TPSA) is 83.3 Å². The molecule has 0 amide bonds. The lowest BCUT2D eigenvalue weighted by Crippen LogP contribution is -2.40. The number of furan rings is 1. The van der Waals surface area contributed by atoms with Gasteiger partial charge in [0.15, 0.2) is 5.78 Å². The first-order valence-electron chi connectivity index (χ1n) is 9.29. The van der Waals surface area contributed by atoms with Gasteiger partial charge in [-0.05, 0) is 62.4 Å². The Morgan fingerprint density at radius 1 is 1.23 bits per heavy atom. The summed E-state index contributed by atoms with van der Waals surface area (Å²) in [4.78, 5) is 15.2. The molecule has 0 radical (unpaired) electrons. The third kappa shape index (κ3) is 3.07. The van der Waals surface area contributed by atoms with Crippen molar-refractivity contribution in [1.82, 2.24) is 4.90 Å². The zero-order valence-corrected chi connectivity index (χ0v) is 15.1. The highest BCUT2D eigenvalue weighted by Crippen LogP contribution is 2.39. The number of ketones is 1. The standard InChI is InChI=1S/C21H25N3O2/c1-24-16-3-4-17(24)9-13(8-16)10-20(25)21(23)18-11-14(2-5-19(18)22)15-6-7-26-12-15/h2,5-7,11-13,16-17,23H,3-4,8-10,22H2,1H3. The van der Waals surface area contributed by atoms with Crippen molar-refractivity contribution in [2.45, 2.75) is 44.2 Å². The minimum absolute atomic E-state index is 0.0270. The molecule has 0 aliphatic carbocycles. The Labute approximate surface area is 153 Å². The predicted octanol–water partition coefficient (Wildman–Crippen LogP) is 3.73. The van der Waals surface area contributed by atoms with Crippen LogP contribution in [-0.2, 0) is 4.79 Å². The summed E-state index contributed by atoms with van der Waals surface area (Å²) < 4.78 is 5.13. The van der Waals surface area contributed by atoms with E-state index in [-0.39, 0.29) is 11.5 Å². The quantitative estimate of drug-likeness (QED) is 0.635. The van der Waals surface area contributed by atoms with Gasteiger partial charge in [0.25, 0.3) is 0 Å². The molecule has 2 bridgehead atoms. The molecule has 2 fully saturated rings. The van der Waals surface area contributed by atoms with Crippen LogP contribution in [0.3, 0.4) is 0 Å². The van der Waals surface area contributed by atoms with Gasteiger partial charge in [0.2, 0.25) is 0 Å². The van der Waals surface area contributed by atoms with Crippen LogP contribution >= 0.6 is 0 Å². The van der Waals surface area contributed by atoms with Gasteiger partial charge in [0, 0.05) is 35.3 Å². The summed E-state index contributed by atoms with van der Waals surface area (Å²) in [5.41, 5.74) is 8.90.